The Labute approximate surface area is 98.7 Å². The molecule has 1 atom stereocenters. The fourth-order valence-electron chi connectivity index (χ4n) is 0.933. The minimum atomic E-state index is -0.696. The average Bonchev–Trinajstić information content (AvgIpc) is 2.31. The van der Waals surface area contributed by atoms with Crippen LogP contribution in [0, 0.1) is 0 Å². The summed E-state index contributed by atoms with van der Waals surface area (Å²) >= 11 is 3.29. The first-order chi connectivity index (χ1) is 7.15. The zero-order valence-corrected chi connectivity index (χ0v) is 10.7. The first-order valence-electron chi connectivity index (χ1n) is 4.74. The van der Waals surface area contributed by atoms with Crippen molar-refractivity contribution in [1.82, 2.24) is 0 Å². The van der Waals surface area contributed by atoms with E-state index in [0.717, 1.165) is 10.0 Å². The number of rotatable bonds is 2. The van der Waals surface area contributed by atoms with E-state index in [9.17, 15) is 4.79 Å². The standard InChI is InChI=1S/C9H10BrNO2.C2H6/c1-13-9(12)8(11)6-2-4-7(10)5-3-6;1-2/h2-5,8H,11H2,1H3;1-2H3. The fourth-order valence-corrected chi connectivity index (χ4v) is 1.20. The summed E-state index contributed by atoms with van der Waals surface area (Å²) in [5, 5.41) is 0. The Morgan fingerprint density at radius 3 is 2.20 bits per heavy atom. The molecule has 15 heavy (non-hydrogen) atoms. The van der Waals surface area contributed by atoms with Crippen molar-refractivity contribution < 1.29 is 9.53 Å². The summed E-state index contributed by atoms with van der Waals surface area (Å²) in [6, 6.07) is 6.53. The molecule has 1 aromatic rings. The van der Waals surface area contributed by atoms with Crippen molar-refractivity contribution >= 4 is 21.9 Å². The van der Waals surface area contributed by atoms with E-state index in [-0.39, 0.29) is 0 Å². The maximum absolute atomic E-state index is 11.0. The van der Waals surface area contributed by atoms with E-state index in [1.807, 2.05) is 26.0 Å². The minimum Gasteiger partial charge on any atom is -0.468 e. The molecule has 0 bridgehead atoms. The monoisotopic (exact) mass is 273 g/mol. The second-order valence-electron chi connectivity index (χ2n) is 2.55. The predicted molar refractivity (Wildman–Crippen MR) is 64.4 cm³/mol. The molecule has 0 spiro atoms. The van der Waals surface area contributed by atoms with E-state index < -0.39 is 12.0 Å². The van der Waals surface area contributed by atoms with E-state index in [0.29, 0.717) is 0 Å². The Kier molecular flexibility index (Phi) is 6.99. The summed E-state index contributed by atoms with van der Waals surface area (Å²) in [4.78, 5) is 11.0. The maximum Gasteiger partial charge on any atom is 0.327 e. The van der Waals surface area contributed by atoms with Gasteiger partial charge >= 0.3 is 5.97 Å². The van der Waals surface area contributed by atoms with Gasteiger partial charge in [-0.1, -0.05) is 41.9 Å². The fraction of sp³-hybridized carbons (Fsp3) is 0.364. The number of benzene rings is 1. The van der Waals surface area contributed by atoms with Gasteiger partial charge in [-0.25, -0.2) is 0 Å². The molecule has 0 heterocycles. The van der Waals surface area contributed by atoms with Crippen LogP contribution in [0.1, 0.15) is 25.5 Å². The second kappa shape index (κ2) is 7.43. The van der Waals surface area contributed by atoms with Gasteiger partial charge in [-0.05, 0) is 17.7 Å². The molecule has 2 N–H and O–H groups in total. The highest BCUT2D eigenvalue weighted by Crippen LogP contribution is 2.15. The average molecular weight is 274 g/mol. The minimum absolute atomic E-state index is 0.428. The summed E-state index contributed by atoms with van der Waals surface area (Å²) in [6.07, 6.45) is 0. The Morgan fingerprint density at radius 2 is 1.80 bits per heavy atom. The number of carbonyl (C=O) groups excluding carboxylic acids is 1. The molecule has 1 aromatic carbocycles. The van der Waals surface area contributed by atoms with Gasteiger partial charge in [0.05, 0.1) is 7.11 Å². The van der Waals surface area contributed by atoms with Gasteiger partial charge in [0.15, 0.2) is 0 Å². The van der Waals surface area contributed by atoms with E-state index in [2.05, 4.69) is 20.7 Å². The number of nitrogens with two attached hydrogens (primary N) is 1. The molecule has 0 saturated heterocycles. The highest BCUT2D eigenvalue weighted by molar-refractivity contribution is 9.10. The summed E-state index contributed by atoms with van der Waals surface area (Å²) < 4.78 is 5.47. The molecule has 0 saturated carbocycles. The lowest BCUT2D eigenvalue weighted by Crippen LogP contribution is -2.22. The second-order valence-corrected chi connectivity index (χ2v) is 3.47. The topological polar surface area (TPSA) is 52.3 Å². The van der Waals surface area contributed by atoms with Crippen LogP contribution in [0.15, 0.2) is 28.7 Å². The van der Waals surface area contributed by atoms with Gasteiger partial charge in [-0.15, -0.1) is 0 Å². The third-order valence-electron chi connectivity index (χ3n) is 1.68. The highest BCUT2D eigenvalue weighted by Gasteiger charge is 2.15. The van der Waals surface area contributed by atoms with E-state index in [4.69, 9.17) is 5.73 Å². The van der Waals surface area contributed by atoms with Crippen molar-refractivity contribution in [2.45, 2.75) is 19.9 Å². The zero-order valence-electron chi connectivity index (χ0n) is 9.16. The number of carbonyl (C=O) groups is 1. The summed E-state index contributed by atoms with van der Waals surface area (Å²) in [5.74, 6) is -0.428. The largest absolute Gasteiger partial charge is 0.468 e. The molecule has 0 fully saturated rings. The number of hydrogen-bond acceptors (Lipinski definition) is 3. The molecule has 0 amide bonds. The van der Waals surface area contributed by atoms with Crippen LogP contribution in [-0.2, 0) is 9.53 Å². The molecule has 0 aliphatic carbocycles. The lowest BCUT2D eigenvalue weighted by Gasteiger charge is -2.08. The van der Waals surface area contributed by atoms with Gasteiger partial charge in [-0.2, -0.15) is 0 Å². The van der Waals surface area contributed by atoms with Crippen LogP contribution in [0.5, 0.6) is 0 Å². The summed E-state index contributed by atoms with van der Waals surface area (Å²) in [5.41, 5.74) is 6.35. The van der Waals surface area contributed by atoms with Crippen LogP contribution in [0.25, 0.3) is 0 Å². The SMILES string of the molecule is CC.COC(=O)C(N)c1ccc(Br)cc1. The summed E-state index contributed by atoms with van der Waals surface area (Å²) in [7, 11) is 1.32. The highest BCUT2D eigenvalue weighted by atomic mass is 79.9. The van der Waals surface area contributed by atoms with Gasteiger partial charge in [0, 0.05) is 4.47 Å². The summed E-state index contributed by atoms with van der Waals surface area (Å²) in [6.45, 7) is 4.00. The van der Waals surface area contributed by atoms with Crippen molar-refractivity contribution in [3.8, 4) is 0 Å². The molecule has 1 rings (SSSR count). The van der Waals surface area contributed by atoms with Crippen LogP contribution < -0.4 is 5.73 Å². The van der Waals surface area contributed by atoms with E-state index in [1.54, 1.807) is 12.1 Å². The molecule has 0 aromatic heterocycles. The Morgan fingerprint density at radius 1 is 1.33 bits per heavy atom. The smallest absolute Gasteiger partial charge is 0.327 e. The van der Waals surface area contributed by atoms with Crippen LogP contribution in [0.3, 0.4) is 0 Å². The molecule has 4 heteroatoms. The van der Waals surface area contributed by atoms with Crippen LogP contribution >= 0.6 is 15.9 Å². The molecular formula is C11H16BrNO2. The van der Waals surface area contributed by atoms with E-state index in [1.165, 1.54) is 7.11 Å². The number of ether oxygens (including phenoxy) is 1. The van der Waals surface area contributed by atoms with Crippen molar-refractivity contribution in [2.75, 3.05) is 7.11 Å². The van der Waals surface area contributed by atoms with Crippen LogP contribution in [-0.4, -0.2) is 13.1 Å². The van der Waals surface area contributed by atoms with Crippen molar-refractivity contribution in [3.05, 3.63) is 34.3 Å². The lowest BCUT2D eigenvalue weighted by atomic mass is 10.1. The molecule has 0 aliphatic heterocycles. The van der Waals surface area contributed by atoms with Crippen LogP contribution in [0.2, 0.25) is 0 Å². The van der Waals surface area contributed by atoms with E-state index >= 15 is 0 Å². The van der Waals surface area contributed by atoms with Gasteiger partial charge < -0.3 is 10.5 Å². The first kappa shape index (κ1) is 14.1. The first-order valence-corrected chi connectivity index (χ1v) is 5.53. The predicted octanol–water partition coefficient (Wildman–Crippen LogP) is 2.65. The molecule has 0 aliphatic rings. The van der Waals surface area contributed by atoms with Crippen molar-refractivity contribution in [1.29, 1.82) is 0 Å². The van der Waals surface area contributed by atoms with Crippen LogP contribution in [0.4, 0.5) is 0 Å². The number of esters is 1. The Bertz CT molecular complexity index is 298. The molecule has 84 valence electrons. The Balaban J connectivity index is 0.000000921. The van der Waals surface area contributed by atoms with Gasteiger partial charge in [0.2, 0.25) is 0 Å². The Hall–Kier alpha value is -0.870. The zero-order chi connectivity index (χ0) is 11.8. The van der Waals surface area contributed by atoms with Gasteiger partial charge in [0.1, 0.15) is 6.04 Å². The van der Waals surface area contributed by atoms with Gasteiger partial charge in [0.25, 0.3) is 0 Å². The number of hydrogen-bond donors (Lipinski definition) is 1. The van der Waals surface area contributed by atoms with Crippen molar-refractivity contribution in [2.24, 2.45) is 5.73 Å². The molecule has 0 radical (unpaired) electrons. The number of halogens is 1. The molecule has 3 nitrogen and oxygen atoms in total. The third kappa shape index (κ3) is 4.44. The molecular weight excluding hydrogens is 258 g/mol. The van der Waals surface area contributed by atoms with Crippen molar-refractivity contribution in [3.63, 3.8) is 0 Å². The quantitative estimate of drug-likeness (QED) is 0.843. The lowest BCUT2D eigenvalue weighted by molar-refractivity contribution is -0.142. The normalized spacial score (nSPS) is 11.0. The maximum atomic E-state index is 11.0. The molecule has 1 unspecified atom stereocenters. The third-order valence-corrected chi connectivity index (χ3v) is 2.21. The number of methoxy groups -OCH3 is 1. The van der Waals surface area contributed by atoms with Gasteiger partial charge in [-0.3, -0.25) is 4.79 Å².